The molecule has 0 radical (unpaired) electrons. The van der Waals surface area contributed by atoms with Crippen molar-refractivity contribution in [3.05, 3.63) is 76.3 Å². The molecular formula is C27H31ClO5. The predicted molar refractivity (Wildman–Crippen MR) is 128 cm³/mol. The van der Waals surface area contributed by atoms with E-state index < -0.39 is 0 Å². The normalized spacial score (nSPS) is 21.3. The largest absolute Gasteiger partial charge is 0.493 e. The molecule has 4 rings (SSSR count). The van der Waals surface area contributed by atoms with Gasteiger partial charge in [0.15, 0.2) is 0 Å². The molecule has 2 heterocycles. The summed E-state index contributed by atoms with van der Waals surface area (Å²) in [7, 11) is 0. The Kier molecular flexibility index (Phi) is 7.74. The van der Waals surface area contributed by atoms with Gasteiger partial charge in [-0.25, -0.2) is 0 Å². The topological polar surface area (TPSA) is 54.0 Å². The number of esters is 1. The molecule has 0 saturated carbocycles. The second-order valence-electron chi connectivity index (χ2n) is 8.94. The van der Waals surface area contributed by atoms with Crippen molar-refractivity contribution in [3.63, 3.8) is 0 Å². The van der Waals surface area contributed by atoms with E-state index in [1.807, 2.05) is 30.3 Å². The lowest BCUT2D eigenvalue weighted by Crippen LogP contribution is -2.46. The maximum absolute atomic E-state index is 11.1. The highest BCUT2D eigenvalue weighted by Gasteiger charge is 2.37. The zero-order valence-corrected chi connectivity index (χ0v) is 20.0. The number of halogens is 1. The highest BCUT2D eigenvalue weighted by Crippen LogP contribution is 2.33. The van der Waals surface area contributed by atoms with E-state index in [-0.39, 0.29) is 30.2 Å². The van der Waals surface area contributed by atoms with Gasteiger partial charge in [0.25, 0.3) is 0 Å². The minimum atomic E-state index is -0.304. The molecular weight excluding hydrogens is 440 g/mol. The van der Waals surface area contributed by atoms with E-state index in [0.29, 0.717) is 6.61 Å². The molecule has 2 aromatic carbocycles. The SMILES string of the molecule is CCC1(COc2ccc(Cc3cc([C@@H]4CC=C[C@H](COC(C)=O)O4)ccc3Cl)cc2)COC1. The Morgan fingerprint density at radius 1 is 1.18 bits per heavy atom. The summed E-state index contributed by atoms with van der Waals surface area (Å²) >= 11 is 6.52. The Morgan fingerprint density at radius 2 is 1.97 bits per heavy atom. The van der Waals surface area contributed by atoms with E-state index >= 15 is 0 Å². The quantitative estimate of drug-likeness (QED) is 0.348. The van der Waals surface area contributed by atoms with Gasteiger partial charge < -0.3 is 18.9 Å². The number of carbonyl (C=O) groups is 1. The van der Waals surface area contributed by atoms with Crippen LogP contribution in [0.5, 0.6) is 5.75 Å². The van der Waals surface area contributed by atoms with Gasteiger partial charge in [0.2, 0.25) is 0 Å². The molecule has 0 N–H and O–H groups in total. The van der Waals surface area contributed by atoms with Crippen LogP contribution in [0.3, 0.4) is 0 Å². The van der Waals surface area contributed by atoms with E-state index in [4.69, 9.17) is 30.5 Å². The molecule has 5 nitrogen and oxygen atoms in total. The first-order chi connectivity index (χ1) is 16.0. The van der Waals surface area contributed by atoms with E-state index in [1.165, 1.54) is 6.92 Å². The van der Waals surface area contributed by atoms with Crippen LogP contribution in [-0.2, 0) is 25.4 Å². The van der Waals surface area contributed by atoms with Gasteiger partial charge >= 0.3 is 5.97 Å². The zero-order valence-electron chi connectivity index (χ0n) is 19.2. The summed E-state index contributed by atoms with van der Waals surface area (Å²) in [6.45, 7) is 6.05. The third-order valence-electron chi connectivity index (χ3n) is 6.36. The molecule has 0 amide bonds. The standard InChI is InChI=1S/C27H31ClO5/c1-3-27(16-30-17-27)18-32-23-10-7-20(8-11-23)13-22-14-21(9-12-25(22)28)26-6-4-5-24(33-26)15-31-19(2)29/h4-5,7-12,14,24,26H,3,6,13,15-18H2,1-2H3/t24-,26+/m1/s1. The van der Waals surface area contributed by atoms with Crippen LogP contribution in [0.4, 0.5) is 0 Å². The molecule has 0 aromatic heterocycles. The molecule has 0 spiro atoms. The highest BCUT2D eigenvalue weighted by atomic mass is 35.5. The van der Waals surface area contributed by atoms with Gasteiger partial charge in [-0.1, -0.05) is 54.9 Å². The lowest BCUT2D eigenvalue weighted by Gasteiger charge is -2.40. The van der Waals surface area contributed by atoms with Crippen molar-refractivity contribution in [3.8, 4) is 5.75 Å². The molecule has 0 bridgehead atoms. The van der Waals surface area contributed by atoms with E-state index in [2.05, 4.69) is 31.2 Å². The molecule has 1 fully saturated rings. The van der Waals surface area contributed by atoms with Gasteiger partial charge in [-0.05, 0) is 54.2 Å². The molecule has 2 atom stereocenters. The van der Waals surface area contributed by atoms with Crippen molar-refractivity contribution in [1.29, 1.82) is 0 Å². The van der Waals surface area contributed by atoms with Gasteiger partial charge in [0, 0.05) is 11.9 Å². The maximum Gasteiger partial charge on any atom is 0.302 e. The minimum absolute atomic E-state index is 0.0938. The van der Waals surface area contributed by atoms with Gasteiger partial charge in [-0.15, -0.1) is 0 Å². The number of hydrogen-bond donors (Lipinski definition) is 0. The number of rotatable bonds is 9. The number of benzene rings is 2. The maximum atomic E-state index is 11.1. The summed E-state index contributed by atoms with van der Waals surface area (Å²) in [4.78, 5) is 11.1. The van der Waals surface area contributed by atoms with Crippen molar-refractivity contribution in [2.24, 2.45) is 5.41 Å². The monoisotopic (exact) mass is 470 g/mol. The smallest absolute Gasteiger partial charge is 0.302 e. The molecule has 2 aliphatic rings. The molecule has 0 aliphatic carbocycles. The summed E-state index contributed by atoms with van der Waals surface area (Å²) in [5, 5.41) is 0.733. The van der Waals surface area contributed by atoms with Crippen molar-refractivity contribution >= 4 is 17.6 Å². The molecule has 1 saturated heterocycles. The molecule has 0 unspecified atom stereocenters. The molecule has 2 aromatic rings. The lowest BCUT2D eigenvalue weighted by atomic mass is 9.84. The van der Waals surface area contributed by atoms with Crippen LogP contribution in [0, 0.1) is 5.41 Å². The molecule has 176 valence electrons. The molecule has 33 heavy (non-hydrogen) atoms. The van der Waals surface area contributed by atoms with Crippen LogP contribution < -0.4 is 4.74 Å². The van der Waals surface area contributed by atoms with E-state index in [9.17, 15) is 4.79 Å². The average Bonchev–Trinajstić information content (AvgIpc) is 2.80. The Morgan fingerprint density at radius 3 is 2.64 bits per heavy atom. The average molecular weight is 471 g/mol. The van der Waals surface area contributed by atoms with Gasteiger partial charge in [0.05, 0.1) is 31.3 Å². The molecule has 2 aliphatic heterocycles. The van der Waals surface area contributed by atoms with Crippen LogP contribution in [0.25, 0.3) is 0 Å². The minimum Gasteiger partial charge on any atom is -0.493 e. The summed E-state index contributed by atoms with van der Waals surface area (Å²) in [6.07, 6.45) is 6.24. The first-order valence-corrected chi connectivity index (χ1v) is 11.9. The summed E-state index contributed by atoms with van der Waals surface area (Å²) in [6, 6.07) is 14.3. The summed E-state index contributed by atoms with van der Waals surface area (Å²) in [5.74, 6) is 0.570. The third-order valence-corrected chi connectivity index (χ3v) is 6.73. The first kappa shape index (κ1) is 23.8. The van der Waals surface area contributed by atoms with Crippen LogP contribution in [0.15, 0.2) is 54.6 Å². The Hall–Kier alpha value is -2.34. The first-order valence-electron chi connectivity index (χ1n) is 11.5. The van der Waals surface area contributed by atoms with Crippen LogP contribution in [0.2, 0.25) is 5.02 Å². The van der Waals surface area contributed by atoms with Crippen LogP contribution in [0.1, 0.15) is 49.5 Å². The van der Waals surface area contributed by atoms with Gasteiger partial charge in [-0.2, -0.15) is 0 Å². The van der Waals surface area contributed by atoms with Crippen molar-refractivity contribution in [2.75, 3.05) is 26.4 Å². The van der Waals surface area contributed by atoms with Crippen molar-refractivity contribution in [2.45, 2.75) is 45.3 Å². The van der Waals surface area contributed by atoms with Crippen LogP contribution >= 0.6 is 11.6 Å². The Bertz CT molecular complexity index is 975. The fraction of sp³-hybridized carbons (Fsp3) is 0.444. The number of hydrogen-bond acceptors (Lipinski definition) is 5. The van der Waals surface area contributed by atoms with Crippen molar-refractivity contribution < 1.29 is 23.7 Å². The van der Waals surface area contributed by atoms with Crippen molar-refractivity contribution in [1.82, 2.24) is 0 Å². The van der Waals surface area contributed by atoms with E-state index in [0.717, 1.165) is 59.9 Å². The Balaban J connectivity index is 1.38. The van der Waals surface area contributed by atoms with Gasteiger partial charge in [0.1, 0.15) is 18.5 Å². The predicted octanol–water partition coefficient (Wildman–Crippen LogP) is 5.69. The fourth-order valence-electron chi connectivity index (χ4n) is 4.05. The fourth-order valence-corrected chi connectivity index (χ4v) is 4.23. The van der Waals surface area contributed by atoms with Gasteiger partial charge in [-0.3, -0.25) is 4.79 Å². The van der Waals surface area contributed by atoms with Crippen LogP contribution in [-0.4, -0.2) is 38.5 Å². The highest BCUT2D eigenvalue weighted by molar-refractivity contribution is 6.31. The zero-order chi connectivity index (χ0) is 23.3. The number of ether oxygens (including phenoxy) is 4. The number of carbonyl (C=O) groups excluding carboxylic acids is 1. The second-order valence-corrected chi connectivity index (χ2v) is 9.34. The summed E-state index contributed by atoms with van der Waals surface area (Å²) in [5.41, 5.74) is 3.45. The Labute approximate surface area is 200 Å². The third kappa shape index (κ3) is 6.17. The summed E-state index contributed by atoms with van der Waals surface area (Å²) < 4.78 is 22.6. The molecule has 6 heteroatoms. The lowest BCUT2D eigenvalue weighted by molar-refractivity contribution is -0.145. The van der Waals surface area contributed by atoms with E-state index in [1.54, 1.807) is 0 Å². The second kappa shape index (κ2) is 10.7.